The van der Waals surface area contributed by atoms with E-state index >= 15 is 0 Å². The molecule has 220 valence electrons. The lowest BCUT2D eigenvalue weighted by molar-refractivity contribution is 0.670. The number of nitrogens with zero attached hydrogens (tertiary/aromatic N) is 3. The molecule has 3 heterocycles. The minimum absolute atomic E-state index is 0.683. The van der Waals surface area contributed by atoms with E-state index in [1.165, 1.54) is 5.56 Å². The number of hydrogen-bond acceptors (Lipinski definition) is 4. The Morgan fingerprint density at radius 1 is 0.383 bits per heavy atom. The van der Waals surface area contributed by atoms with Crippen LogP contribution in [0.2, 0.25) is 0 Å². The highest BCUT2D eigenvalue weighted by atomic mass is 16.3. The van der Waals surface area contributed by atoms with Gasteiger partial charge in [0.05, 0.1) is 16.9 Å². The minimum atomic E-state index is 0.683. The monoisotopic (exact) mass is 601 g/mol. The van der Waals surface area contributed by atoms with Gasteiger partial charge in [-0.2, -0.15) is 0 Å². The quantitative estimate of drug-likeness (QED) is 0.197. The van der Waals surface area contributed by atoms with Crippen molar-refractivity contribution in [3.8, 4) is 56.2 Å². The van der Waals surface area contributed by atoms with Gasteiger partial charge in [-0.25, -0.2) is 15.0 Å². The minimum Gasteiger partial charge on any atom is -0.454 e. The molecule has 0 amide bonds. The van der Waals surface area contributed by atoms with Crippen molar-refractivity contribution in [1.82, 2.24) is 15.0 Å². The molecule has 0 saturated heterocycles. The molecule has 4 heteroatoms. The second-order valence-electron chi connectivity index (χ2n) is 11.6. The predicted octanol–water partition coefficient (Wildman–Crippen LogP) is 11.3. The topological polar surface area (TPSA) is 51.8 Å². The number of aromatic nitrogens is 3. The molecule has 0 fully saturated rings. The Morgan fingerprint density at radius 3 is 1.68 bits per heavy atom. The lowest BCUT2D eigenvalue weighted by Gasteiger charge is -2.12. The zero-order chi connectivity index (χ0) is 31.2. The molecule has 4 nitrogen and oxygen atoms in total. The van der Waals surface area contributed by atoms with Crippen molar-refractivity contribution in [3.63, 3.8) is 0 Å². The normalized spacial score (nSPS) is 11.4. The first-order valence-corrected chi connectivity index (χ1v) is 15.7. The van der Waals surface area contributed by atoms with Gasteiger partial charge < -0.3 is 4.42 Å². The Hall–Kier alpha value is -6.39. The van der Waals surface area contributed by atoms with Gasteiger partial charge in [0.1, 0.15) is 11.1 Å². The number of hydrogen-bond donors (Lipinski definition) is 0. The van der Waals surface area contributed by atoms with Gasteiger partial charge in [0.15, 0.2) is 11.4 Å². The fraction of sp³-hybridized carbons (Fsp3) is 0. The average molecular weight is 602 g/mol. The Labute approximate surface area is 271 Å². The van der Waals surface area contributed by atoms with E-state index in [0.29, 0.717) is 5.82 Å². The smallest absolute Gasteiger partial charge is 0.162 e. The first-order valence-electron chi connectivity index (χ1n) is 15.7. The number of furan rings is 1. The van der Waals surface area contributed by atoms with E-state index < -0.39 is 0 Å². The molecule has 0 N–H and O–H groups in total. The van der Waals surface area contributed by atoms with Gasteiger partial charge in [0, 0.05) is 33.0 Å². The Balaban J connectivity index is 1.24. The molecule has 9 aromatic rings. The molecule has 9 rings (SSSR count). The molecule has 47 heavy (non-hydrogen) atoms. The fourth-order valence-corrected chi connectivity index (χ4v) is 6.41. The first kappa shape index (κ1) is 27.0. The molecule has 0 bridgehead atoms. The molecular formula is C43H27N3O. The number of pyridine rings is 1. The van der Waals surface area contributed by atoms with Crippen LogP contribution >= 0.6 is 0 Å². The molecule has 0 atom stereocenters. The van der Waals surface area contributed by atoms with Crippen molar-refractivity contribution in [2.45, 2.75) is 0 Å². The van der Waals surface area contributed by atoms with Gasteiger partial charge in [0.2, 0.25) is 0 Å². The molecule has 0 unspecified atom stereocenters. The van der Waals surface area contributed by atoms with Crippen LogP contribution in [0.15, 0.2) is 168 Å². The summed E-state index contributed by atoms with van der Waals surface area (Å²) in [6, 6.07) is 56.2. The van der Waals surface area contributed by atoms with E-state index in [2.05, 4.69) is 115 Å². The van der Waals surface area contributed by atoms with Crippen LogP contribution < -0.4 is 0 Å². The van der Waals surface area contributed by atoms with E-state index in [1.54, 1.807) is 0 Å². The summed E-state index contributed by atoms with van der Waals surface area (Å²) in [7, 11) is 0. The van der Waals surface area contributed by atoms with Gasteiger partial charge >= 0.3 is 0 Å². The number of para-hydroxylation sites is 2. The Bertz CT molecular complexity index is 2570. The van der Waals surface area contributed by atoms with Crippen molar-refractivity contribution < 1.29 is 4.42 Å². The molecule has 0 saturated carbocycles. The second-order valence-corrected chi connectivity index (χ2v) is 11.6. The Kier molecular flexibility index (Phi) is 6.43. The second kappa shape index (κ2) is 11.2. The average Bonchev–Trinajstić information content (AvgIpc) is 3.52. The number of benzene rings is 6. The van der Waals surface area contributed by atoms with Crippen molar-refractivity contribution >= 4 is 33.0 Å². The van der Waals surface area contributed by atoms with E-state index in [0.717, 1.165) is 77.7 Å². The maximum absolute atomic E-state index is 6.51. The third-order valence-electron chi connectivity index (χ3n) is 8.67. The lowest BCUT2D eigenvalue weighted by Crippen LogP contribution is -1.96. The van der Waals surface area contributed by atoms with Crippen LogP contribution in [0.25, 0.3) is 89.1 Å². The summed E-state index contributed by atoms with van der Waals surface area (Å²) in [6.07, 6.45) is 0. The summed E-state index contributed by atoms with van der Waals surface area (Å²) < 4.78 is 6.51. The predicted molar refractivity (Wildman–Crippen MR) is 192 cm³/mol. The van der Waals surface area contributed by atoms with Crippen molar-refractivity contribution in [3.05, 3.63) is 164 Å². The summed E-state index contributed by atoms with van der Waals surface area (Å²) in [5.74, 6) is 0.683. The zero-order valence-electron chi connectivity index (χ0n) is 25.3. The summed E-state index contributed by atoms with van der Waals surface area (Å²) in [4.78, 5) is 15.3. The van der Waals surface area contributed by atoms with Gasteiger partial charge in [-0.15, -0.1) is 0 Å². The van der Waals surface area contributed by atoms with E-state index in [4.69, 9.17) is 19.4 Å². The highest BCUT2D eigenvalue weighted by Crippen LogP contribution is 2.40. The molecule has 0 aliphatic rings. The van der Waals surface area contributed by atoms with Gasteiger partial charge in [-0.05, 0) is 53.1 Å². The van der Waals surface area contributed by atoms with Crippen molar-refractivity contribution in [2.24, 2.45) is 0 Å². The van der Waals surface area contributed by atoms with Crippen molar-refractivity contribution in [1.29, 1.82) is 0 Å². The van der Waals surface area contributed by atoms with Crippen LogP contribution in [0.5, 0.6) is 0 Å². The SMILES string of the molecule is c1ccc(-c2cccc(-c3cc(-c4cccc(-c5c6ccccc6nc6c5oc5ccccc56)c4)nc(-c4ccccc4)n3)c2)cc1. The van der Waals surface area contributed by atoms with E-state index in [-0.39, 0.29) is 0 Å². The van der Waals surface area contributed by atoms with E-state index in [1.807, 2.05) is 48.5 Å². The van der Waals surface area contributed by atoms with E-state index in [9.17, 15) is 0 Å². The van der Waals surface area contributed by atoms with Crippen LogP contribution in [-0.2, 0) is 0 Å². The van der Waals surface area contributed by atoms with Gasteiger partial charge in [-0.3, -0.25) is 0 Å². The molecule has 3 aromatic heterocycles. The maximum Gasteiger partial charge on any atom is 0.162 e. The van der Waals surface area contributed by atoms with Gasteiger partial charge in [0.25, 0.3) is 0 Å². The van der Waals surface area contributed by atoms with Gasteiger partial charge in [-0.1, -0.05) is 127 Å². The summed E-state index contributed by atoms with van der Waals surface area (Å²) in [5.41, 5.74) is 12.5. The molecular weight excluding hydrogens is 574 g/mol. The number of rotatable bonds is 5. The maximum atomic E-state index is 6.51. The standard InChI is InChI=1S/C43H27N3O/c1-3-13-28(14-4-1)30-17-11-18-31(25-30)37-27-38(46-43(45-37)29-15-5-2-6-16-29)32-19-12-20-33(26-32)40-34-21-7-9-23-36(34)44-41-35-22-8-10-24-39(35)47-42(40)41/h1-27H. The summed E-state index contributed by atoms with van der Waals surface area (Å²) in [5, 5.41) is 2.05. The first-order chi connectivity index (χ1) is 23.3. The third-order valence-corrected chi connectivity index (χ3v) is 8.67. The van der Waals surface area contributed by atoms with Crippen LogP contribution in [0.1, 0.15) is 0 Å². The largest absolute Gasteiger partial charge is 0.454 e. The highest BCUT2D eigenvalue weighted by Gasteiger charge is 2.19. The molecule has 0 aliphatic carbocycles. The van der Waals surface area contributed by atoms with Crippen LogP contribution in [0.4, 0.5) is 0 Å². The van der Waals surface area contributed by atoms with Crippen LogP contribution in [-0.4, -0.2) is 15.0 Å². The van der Waals surface area contributed by atoms with Crippen molar-refractivity contribution in [2.75, 3.05) is 0 Å². The fourth-order valence-electron chi connectivity index (χ4n) is 6.41. The highest BCUT2D eigenvalue weighted by molar-refractivity contribution is 6.15. The van der Waals surface area contributed by atoms with Crippen LogP contribution in [0.3, 0.4) is 0 Å². The molecule has 0 spiro atoms. The van der Waals surface area contributed by atoms with Crippen LogP contribution in [0, 0.1) is 0 Å². The molecule has 0 aliphatic heterocycles. The summed E-state index contributed by atoms with van der Waals surface area (Å²) >= 11 is 0. The Morgan fingerprint density at radius 2 is 0.936 bits per heavy atom. The molecule has 6 aromatic carbocycles. The third kappa shape index (κ3) is 4.84. The lowest BCUT2D eigenvalue weighted by atomic mass is 9.96. The molecule has 0 radical (unpaired) electrons. The number of fused-ring (bicyclic) bond motifs is 4. The zero-order valence-corrected chi connectivity index (χ0v) is 25.3. The summed E-state index contributed by atoms with van der Waals surface area (Å²) in [6.45, 7) is 0.